The molecule has 2 N–H and O–H groups in total. The number of carbonyl (C=O) groups is 1. The molecule has 1 unspecified atom stereocenters. The van der Waals surface area contributed by atoms with Gasteiger partial charge in [-0.25, -0.2) is 4.39 Å². The van der Waals surface area contributed by atoms with Gasteiger partial charge in [-0.15, -0.1) is 0 Å². The average molecular weight is 283 g/mol. The molecule has 1 heterocycles. The lowest BCUT2D eigenvalue weighted by atomic mass is 10.0. The second-order valence-electron chi connectivity index (χ2n) is 5.53. The monoisotopic (exact) mass is 283 g/mol. The number of nitrogens with zero attached hydrogens (tertiary/aromatic N) is 1. The Hall–Kier alpha value is -1.66. The predicted molar refractivity (Wildman–Crippen MR) is 70.0 cm³/mol. The molecule has 1 aliphatic heterocycles. The van der Waals surface area contributed by atoms with Crippen molar-refractivity contribution in [3.8, 4) is 5.75 Å². The van der Waals surface area contributed by atoms with Gasteiger partial charge >= 0.3 is 0 Å². The smallest absolute Gasteiger partial charge is 0.257 e. The molecule has 2 rings (SSSR count). The van der Waals surface area contributed by atoms with Crippen molar-refractivity contribution in [3.05, 3.63) is 29.6 Å². The fourth-order valence-corrected chi connectivity index (χ4v) is 2.40. The minimum absolute atomic E-state index is 0.0839. The molecular formula is C14H18FNO4. The first-order valence-corrected chi connectivity index (χ1v) is 6.39. The number of morpholine rings is 1. The highest BCUT2D eigenvalue weighted by Crippen LogP contribution is 2.25. The molecule has 0 bridgehead atoms. The van der Waals surface area contributed by atoms with Gasteiger partial charge in [0.1, 0.15) is 11.6 Å². The average Bonchev–Trinajstić information content (AvgIpc) is 2.38. The highest BCUT2D eigenvalue weighted by molar-refractivity contribution is 5.97. The van der Waals surface area contributed by atoms with Crippen molar-refractivity contribution in [1.82, 2.24) is 4.90 Å². The number of aliphatic hydroxyl groups excluding tert-OH is 1. The van der Waals surface area contributed by atoms with Crippen LogP contribution in [0.15, 0.2) is 18.2 Å². The van der Waals surface area contributed by atoms with Crippen LogP contribution in [0.2, 0.25) is 0 Å². The molecule has 0 radical (unpaired) electrons. The third kappa shape index (κ3) is 3.08. The van der Waals surface area contributed by atoms with E-state index in [4.69, 9.17) is 4.74 Å². The highest BCUT2D eigenvalue weighted by Gasteiger charge is 2.36. The van der Waals surface area contributed by atoms with E-state index in [0.29, 0.717) is 6.54 Å². The summed E-state index contributed by atoms with van der Waals surface area (Å²) in [5.41, 5.74) is -0.691. The number of ether oxygens (including phenoxy) is 1. The van der Waals surface area contributed by atoms with E-state index in [9.17, 15) is 19.4 Å². The van der Waals surface area contributed by atoms with Crippen molar-refractivity contribution in [3.63, 3.8) is 0 Å². The number of aliphatic hydroxyl groups is 1. The molecule has 0 aromatic heterocycles. The van der Waals surface area contributed by atoms with E-state index in [2.05, 4.69) is 0 Å². The lowest BCUT2D eigenvalue weighted by molar-refractivity contribution is -0.139. The number of amides is 1. The number of aromatic hydroxyl groups is 1. The van der Waals surface area contributed by atoms with E-state index in [-0.39, 0.29) is 24.5 Å². The third-order valence-corrected chi connectivity index (χ3v) is 3.16. The summed E-state index contributed by atoms with van der Waals surface area (Å²) in [6, 6.07) is 3.25. The van der Waals surface area contributed by atoms with Crippen LogP contribution >= 0.6 is 0 Å². The molecule has 1 aromatic carbocycles. The van der Waals surface area contributed by atoms with Crippen molar-refractivity contribution in [2.45, 2.75) is 25.6 Å². The molecular weight excluding hydrogens is 265 g/mol. The van der Waals surface area contributed by atoms with Crippen LogP contribution in [-0.4, -0.2) is 52.4 Å². The Morgan fingerprint density at radius 3 is 2.90 bits per heavy atom. The van der Waals surface area contributed by atoms with Crippen LogP contribution in [0, 0.1) is 5.82 Å². The van der Waals surface area contributed by atoms with Crippen molar-refractivity contribution in [2.24, 2.45) is 0 Å². The largest absolute Gasteiger partial charge is 0.507 e. The maximum atomic E-state index is 13.2. The Bertz CT molecular complexity index is 518. The Morgan fingerprint density at radius 1 is 1.55 bits per heavy atom. The van der Waals surface area contributed by atoms with Gasteiger partial charge in [-0.3, -0.25) is 4.79 Å². The Morgan fingerprint density at radius 2 is 2.25 bits per heavy atom. The lowest BCUT2D eigenvalue weighted by Gasteiger charge is -2.42. The Labute approximate surface area is 116 Å². The summed E-state index contributed by atoms with van der Waals surface area (Å²) in [5.74, 6) is -1.32. The van der Waals surface area contributed by atoms with Crippen molar-refractivity contribution in [1.29, 1.82) is 0 Å². The quantitative estimate of drug-likeness (QED) is 0.854. The molecule has 5 nitrogen and oxygen atoms in total. The number of phenolic OH excluding ortho intramolecular Hbond substituents is 1. The normalized spacial score (nSPS) is 21.8. The first-order chi connectivity index (χ1) is 9.32. The number of hydrogen-bond donors (Lipinski definition) is 2. The van der Waals surface area contributed by atoms with Crippen LogP contribution in [0.5, 0.6) is 5.75 Å². The molecule has 20 heavy (non-hydrogen) atoms. The summed E-state index contributed by atoms with van der Waals surface area (Å²) < 4.78 is 18.8. The van der Waals surface area contributed by atoms with E-state index in [1.54, 1.807) is 13.8 Å². The number of carbonyl (C=O) groups excluding carboxylic acids is 1. The second-order valence-corrected chi connectivity index (χ2v) is 5.53. The minimum Gasteiger partial charge on any atom is -0.507 e. The van der Waals surface area contributed by atoms with Gasteiger partial charge in [0.2, 0.25) is 0 Å². The molecule has 0 spiro atoms. The summed E-state index contributed by atoms with van der Waals surface area (Å²) in [5, 5.41) is 18.9. The number of benzene rings is 1. The second kappa shape index (κ2) is 5.38. The summed E-state index contributed by atoms with van der Waals surface area (Å²) >= 11 is 0. The summed E-state index contributed by atoms with van der Waals surface area (Å²) in [4.78, 5) is 13.8. The zero-order valence-corrected chi connectivity index (χ0v) is 11.5. The minimum atomic E-state index is -0.607. The van der Waals surface area contributed by atoms with Crippen LogP contribution in [0.3, 0.4) is 0 Å². The number of hydrogen-bond acceptors (Lipinski definition) is 4. The molecule has 1 fully saturated rings. The molecule has 110 valence electrons. The fraction of sp³-hybridized carbons (Fsp3) is 0.500. The number of phenols is 1. The van der Waals surface area contributed by atoms with E-state index >= 15 is 0 Å². The van der Waals surface area contributed by atoms with Gasteiger partial charge in [0, 0.05) is 13.1 Å². The van der Waals surface area contributed by atoms with Gasteiger partial charge in [-0.05, 0) is 32.0 Å². The highest BCUT2D eigenvalue weighted by atomic mass is 19.1. The van der Waals surface area contributed by atoms with Gasteiger partial charge in [0.15, 0.2) is 0 Å². The van der Waals surface area contributed by atoms with E-state index in [1.165, 1.54) is 4.90 Å². The van der Waals surface area contributed by atoms with E-state index in [0.717, 1.165) is 18.2 Å². The third-order valence-electron chi connectivity index (χ3n) is 3.16. The summed E-state index contributed by atoms with van der Waals surface area (Å²) in [6.07, 6.45) is -0.488. The predicted octanol–water partition coefficient (Wildman–Crippen LogP) is 1.14. The van der Waals surface area contributed by atoms with Gasteiger partial charge in [0.05, 0.1) is 23.9 Å². The SMILES string of the molecule is CC1(C)CN(C(=O)c2cc(F)ccc2O)CC(CO)O1. The zero-order chi connectivity index (χ0) is 14.9. The van der Waals surface area contributed by atoms with E-state index in [1.807, 2.05) is 0 Å². The van der Waals surface area contributed by atoms with E-state index < -0.39 is 23.4 Å². The lowest BCUT2D eigenvalue weighted by Crippen LogP contribution is -2.55. The molecule has 1 aliphatic rings. The summed E-state index contributed by atoms with van der Waals surface area (Å²) in [6.45, 7) is 3.91. The fourth-order valence-electron chi connectivity index (χ4n) is 2.40. The number of halogens is 1. The molecule has 1 atom stereocenters. The van der Waals surface area contributed by atoms with Gasteiger partial charge in [0.25, 0.3) is 5.91 Å². The first kappa shape index (κ1) is 14.7. The van der Waals surface area contributed by atoms with Crippen molar-refractivity contribution in [2.75, 3.05) is 19.7 Å². The number of rotatable bonds is 2. The summed E-state index contributed by atoms with van der Waals surface area (Å²) in [7, 11) is 0. The molecule has 1 saturated heterocycles. The standard InChI is InChI=1S/C14H18FNO4/c1-14(2)8-16(6-10(7-17)20-14)13(19)11-5-9(15)3-4-12(11)18/h3-5,10,17-18H,6-8H2,1-2H3. The van der Waals surface area contributed by atoms with Gasteiger partial charge < -0.3 is 19.8 Å². The van der Waals surface area contributed by atoms with Crippen LogP contribution in [-0.2, 0) is 4.74 Å². The first-order valence-electron chi connectivity index (χ1n) is 6.39. The van der Waals surface area contributed by atoms with Gasteiger partial charge in [-0.1, -0.05) is 0 Å². The molecule has 1 amide bonds. The topological polar surface area (TPSA) is 70.0 Å². The zero-order valence-electron chi connectivity index (χ0n) is 11.5. The van der Waals surface area contributed by atoms with Crippen LogP contribution in [0.1, 0.15) is 24.2 Å². The van der Waals surface area contributed by atoms with Crippen molar-refractivity contribution < 1.29 is 24.1 Å². The van der Waals surface area contributed by atoms with Crippen LogP contribution in [0.25, 0.3) is 0 Å². The van der Waals surface area contributed by atoms with Crippen molar-refractivity contribution >= 4 is 5.91 Å². The van der Waals surface area contributed by atoms with Crippen LogP contribution in [0.4, 0.5) is 4.39 Å². The maximum Gasteiger partial charge on any atom is 0.257 e. The maximum absolute atomic E-state index is 13.2. The Balaban J connectivity index is 2.25. The molecule has 1 aromatic rings. The van der Waals surface area contributed by atoms with Gasteiger partial charge in [-0.2, -0.15) is 0 Å². The molecule has 0 saturated carbocycles. The molecule has 6 heteroatoms. The van der Waals surface area contributed by atoms with Crippen LogP contribution < -0.4 is 0 Å². The Kier molecular flexibility index (Phi) is 3.96. The molecule has 0 aliphatic carbocycles.